The number of carbonyl (C=O) groups excluding carboxylic acids is 1. The Hall–Kier alpha value is -1.78. The SMILES string of the molecule is CN(Cc1ccc(C(=O)NCC2(N3CCOCC3)CCCCC2)c(=O)[nH]1)CC1COCCO1. The van der Waals surface area contributed by atoms with Crippen LogP contribution in [0.15, 0.2) is 16.9 Å². The van der Waals surface area contributed by atoms with Gasteiger partial charge in [0.25, 0.3) is 11.5 Å². The fourth-order valence-electron chi connectivity index (χ4n) is 5.32. The number of aromatic nitrogens is 1. The number of aromatic amines is 1. The largest absolute Gasteiger partial charge is 0.379 e. The standard InChI is InChI=1S/C24H38N4O5/c1-27(16-20-17-32-13-14-33-20)15-19-5-6-21(23(30)26-19)22(29)25-18-24(7-3-2-4-8-24)28-9-11-31-12-10-28/h5-6,20H,2-4,7-18H2,1H3,(H,25,29)(H,26,30). The summed E-state index contributed by atoms with van der Waals surface area (Å²) < 4.78 is 16.7. The van der Waals surface area contributed by atoms with Crippen LogP contribution in [0.25, 0.3) is 0 Å². The number of H-pyrrole nitrogens is 1. The van der Waals surface area contributed by atoms with Gasteiger partial charge in [0.2, 0.25) is 0 Å². The first-order valence-electron chi connectivity index (χ1n) is 12.3. The van der Waals surface area contributed by atoms with Crippen molar-refractivity contribution >= 4 is 5.91 Å². The monoisotopic (exact) mass is 462 g/mol. The molecule has 1 aromatic heterocycles. The zero-order chi connectivity index (χ0) is 23.1. The van der Waals surface area contributed by atoms with Gasteiger partial charge in [0.05, 0.1) is 39.1 Å². The Labute approximate surface area is 195 Å². The quantitative estimate of drug-likeness (QED) is 0.595. The predicted octanol–water partition coefficient (Wildman–Crippen LogP) is 0.987. The molecule has 3 aliphatic rings. The maximum atomic E-state index is 12.9. The lowest BCUT2D eigenvalue weighted by molar-refractivity contribution is -0.0963. The molecule has 9 heteroatoms. The molecule has 2 aliphatic heterocycles. The van der Waals surface area contributed by atoms with Crippen molar-refractivity contribution in [1.82, 2.24) is 20.1 Å². The minimum absolute atomic E-state index is 0.0298. The third-order valence-corrected chi connectivity index (χ3v) is 7.10. The van der Waals surface area contributed by atoms with Gasteiger partial charge in [0.1, 0.15) is 5.56 Å². The van der Waals surface area contributed by atoms with Crippen LogP contribution in [0.1, 0.15) is 48.2 Å². The average molecular weight is 463 g/mol. The Morgan fingerprint density at radius 3 is 2.64 bits per heavy atom. The lowest BCUT2D eigenvalue weighted by Crippen LogP contribution is -2.59. The van der Waals surface area contributed by atoms with Crippen LogP contribution in [0.2, 0.25) is 0 Å². The van der Waals surface area contributed by atoms with Crippen LogP contribution in [0.5, 0.6) is 0 Å². The summed E-state index contributed by atoms with van der Waals surface area (Å²) in [6, 6.07) is 3.46. The summed E-state index contributed by atoms with van der Waals surface area (Å²) in [5.41, 5.74) is 0.559. The molecule has 0 aromatic carbocycles. The van der Waals surface area contributed by atoms with Crippen molar-refractivity contribution in [3.8, 4) is 0 Å². The van der Waals surface area contributed by atoms with Gasteiger partial charge in [-0.3, -0.25) is 19.4 Å². The molecule has 33 heavy (non-hydrogen) atoms. The van der Waals surface area contributed by atoms with E-state index in [1.165, 1.54) is 19.3 Å². The summed E-state index contributed by atoms with van der Waals surface area (Å²) >= 11 is 0. The molecule has 0 spiro atoms. The minimum atomic E-state index is -0.347. The number of nitrogens with one attached hydrogen (secondary N) is 2. The van der Waals surface area contributed by atoms with Crippen molar-refractivity contribution in [2.24, 2.45) is 0 Å². The Balaban J connectivity index is 1.34. The van der Waals surface area contributed by atoms with Crippen molar-refractivity contribution in [2.45, 2.75) is 50.3 Å². The number of amides is 1. The lowest BCUT2D eigenvalue weighted by Gasteiger charge is -2.48. The molecule has 4 rings (SSSR count). The highest BCUT2D eigenvalue weighted by Gasteiger charge is 2.39. The number of likely N-dealkylation sites (N-methyl/N-ethyl adjacent to an activating group) is 1. The van der Waals surface area contributed by atoms with Gasteiger partial charge >= 0.3 is 0 Å². The number of rotatable bonds is 8. The Morgan fingerprint density at radius 1 is 1.15 bits per heavy atom. The molecule has 184 valence electrons. The van der Waals surface area contributed by atoms with E-state index in [2.05, 4.69) is 20.1 Å². The molecule has 2 N–H and O–H groups in total. The van der Waals surface area contributed by atoms with E-state index in [1.54, 1.807) is 6.07 Å². The first-order valence-corrected chi connectivity index (χ1v) is 12.3. The molecule has 1 unspecified atom stereocenters. The van der Waals surface area contributed by atoms with Crippen LogP contribution in [0.3, 0.4) is 0 Å². The van der Waals surface area contributed by atoms with Crippen LogP contribution < -0.4 is 10.9 Å². The van der Waals surface area contributed by atoms with Crippen molar-refractivity contribution in [3.63, 3.8) is 0 Å². The first-order chi connectivity index (χ1) is 16.1. The van der Waals surface area contributed by atoms with E-state index in [9.17, 15) is 9.59 Å². The lowest BCUT2D eigenvalue weighted by atomic mass is 9.79. The third-order valence-electron chi connectivity index (χ3n) is 7.10. The molecule has 1 atom stereocenters. The minimum Gasteiger partial charge on any atom is -0.379 e. The second kappa shape index (κ2) is 11.6. The number of ether oxygens (including phenoxy) is 3. The first kappa shape index (κ1) is 24.3. The van der Waals surface area contributed by atoms with E-state index in [4.69, 9.17) is 14.2 Å². The van der Waals surface area contributed by atoms with Crippen LogP contribution >= 0.6 is 0 Å². The van der Waals surface area contributed by atoms with Crippen LogP contribution in [-0.2, 0) is 20.8 Å². The summed E-state index contributed by atoms with van der Waals surface area (Å²) in [6.45, 7) is 6.98. The van der Waals surface area contributed by atoms with Gasteiger partial charge in [-0.2, -0.15) is 0 Å². The van der Waals surface area contributed by atoms with E-state index in [1.807, 2.05) is 13.1 Å². The molecule has 1 amide bonds. The molecule has 0 radical (unpaired) electrons. The van der Waals surface area contributed by atoms with E-state index >= 15 is 0 Å². The number of pyridine rings is 1. The van der Waals surface area contributed by atoms with E-state index in [0.29, 0.717) is 39.5 Å². The molecular formula is C24H38N4O5. The van der Waals surface area contributed by atoms with E-state index in [0.717, 1.165) is 44.8 Å². The van der Waals surface area contributed by atoms with Gasteiger partial charge in [0.15, 0.2) is 0 Å². The highest BCUT2D eigenvalue weighted by Crippen LogP contribution is 2.33. The molecule has 1 saturated carbocycles. The van der Waals surface area contributed by atoms with E-state index < -0.39 is 0 Å². The average Bonchev–Trinajstić information content (AvgIpc) is 2.84. The molecular weight excluding hydrogens is 424 g/mol. The van der Waals surface area contributed by atoms with Crippen LogP contribution in [-0.4, -0.2) is 98.6 Å². The predicted molar refractivity (Wildman–Crippen MR) is 124 cm³/mol. The number of hydrogen-bond donors (Lipinski definition) is 2. The highest BCUT2D eigenvalue weighted by atomic mass is 16.6. The second-order valence-electron chi connectivity index (χ2n) is 9.56. The van der Waals surface area contributed by atoms with E-state index in [-0.39, 0.29) is 28.7 Å². The van der Waals surface area contributed by atoms with Crippen LogP contribution in [0.4, 0.5) is 0 Å². The third kappa shape index (κ3) is 6.42. The maximum absolute atomic E-state index is 12.9. The normalized spacial score (nSPS) is 24.0. The Bertz CT molecular complexity index is 826. The molecule has 3 fully saturated rings. The Kier molecular flexibility index (Phi) is 8.54. The topological polar surface area (TPSA) is 96.1 Å². The summed E-state index contributed by atoms with van der Waals surface area (Å²) in [4.78, 5) is 33.0. The van der Waals surface area contributed by atoms with Crippen molar-refractivity contribution in [2.75, 3.05) is 66.3 Å². The summed E-state index contributed by atoms with van der Waals surface area (Å²) in [6.07, 6.45) is 5.78. The smallest absolute Gasteiger partial charge is 0.261 e. The van der Waals surface area contributed by atoms with Crippen molar-refractivity contribution < 1.29 is 19.0 Å². The van der Waals surface area contributed by atoms with Gasteiger partial charge in [-0.05, 0) is 32.0 Å². The van der Waals surface area contributed by atoms with Gasteiger partial charge in [0, 0.05) is 44.0 Å². The summed E-state index contributed by atoms with van der Waals surface area (Å²) in [5, 5.41) is 3.08. The molecule has 1 aliphatic carbocycles. The van der Waals surface area contributed by atoms with Gasteiger partial charge in [-0.1, -0.05) is 19.3 Å². The number of nitrogens with zero attached hydrogens (tertiary/aromatic N) is 2. The molecule has 3 heterocycles. The summed E-state index contributed by atoms with van der Waals surface area (Å²) in [7, 11) is 1.98. The number of carbonyl (C=O) groups is 1. The van der Waals surface area contributed by atoms with Crippen molar-refractivity contribution in [1.29, 1.82) is 0 Å². The van der Waals surface area contributed by atoms with Crippen molar-refractivity contribution in [3.05, 3.63) is 33.7 Å². The fourth-order valence-corrected chi connectivity index (χ4v) is 5.32. The highest BCUT2D eigenvalue weighted by molar-refractivity contribution is 5.93. The number of hydrogen-bond acceptors (Lipinski definition) is 7. The molecule has 1 aromatic rings. The van der Waals surface area contributed by atoms with Gasteiger partial charge in [-0.15, -0.1) is 0 Å². The van der Waals surface area contributed by atoms with Crippen LogP contribution in [0, 0.1) is 0 Å². The zero-order valence-corrected chi connectivity index (χ0v) is 19.8. The van der Waals surface area contributed by atoms with Gasteiger partial charge < -0.3 is 24.5 Å². The Morgan fingerprint density at radius 2 is 1.94 bits per heavy atom. The zero-order valence-electron chi connectivity index (χ0n) is 19.8. The summed E-state index contributed by atoms with van der Waals surface area (Å²) in [5.74, 6) is -0.304. The molecule has 0 bridgehead atoms. The molecule has 9 nitrogen and oxygen atoms in total. The van der Waals surface area contributed by atoms with Gasteiger partial charge in [-0.25, -0.2) is 0 Å². The molecule has 2 saturated heterocycles. The maximum Gasteiger partial charge on any atom is 0.261 e. The second-order valence-corrected chi connectivity index (χ2v) is 9.56. The number of morpholine rings is 1. The fraction of sp³-hybridized carbons (Fsp3) is 0.750.